The molecule has 7 heteroatoms. The fraction of sp³-hybridized carbons (Fsp3) is 0.600. The molecule has 2 N–H and O–H groups in total. The molecular weight excluding hydrogens is 350 g/mol. The minimum Gasteiger partial charge on any atom is -0.507 e. The summed E-state index contributed by atoms with van der Waals surface area (Å²) < 4.78 is 17.0. The lowest BCUT2D eigenvalue weighted by Gasteiger charge is -2.35. The monoisotopic (exact) mass is 377 g/mol. The van der Waals surface area contributed by atoms with Crippen molar-refractivity contribution in [3.05, 3.63) is 17.7 Å². The highest BCUT2D eigenvalue weighted by atomic mass is 16.5. The first-order chi connectivity index (χ1) is 12.5. The molecule has 3 rings (SSSR count). The van der Waals surface area contributed by atoms with E-state index >= 15 is 0 Å². The molecule has 0 bridgehead atoms. The van der Waals surface area contributed by atoms with Crippen molar-refractivity contribution in [2.75, 3.05) is 13.2 Å². The SMILES string of the molecule is CC1(C)C[C@H](NC(=O)COc2cc(O)c3c(c2)OC(C)(C)CC3=O)CCO1. The van der Waals surface area contributed by atoms with Gasteiger partial charge in [-0.05, 0) is 40.5 Å². The predicted octanol–water partition coefficient (Wildman–Crippen LogP) is 2.59. The van der Waals surface area contributed by atoms with Crippen molar-refractivity contribution in [2.24, 2.45) is 0 Å². The number of phenolic OH excluding ortho intramolecular Hbond substituents is 1. The van der Waals surface area contributed by atoms with Crippen molar-refractivity contribution < 1.29 is 28.9 Å². The number of aromatic hydroxyl groups is 1. The number of amides is 1. The molecule has 1 atom stereocenters. The quantitative estimate of drug-likeness (QED) is 0.838. The van der Waals surface area contributed by atoms with Crippen LogP contribution in [0, 0.1) is 0 Å². The molecule has 1 amide bonds. The van der Waals surface area contributed by atoms with E-state index in [1.807, 2.05) is 13.8 Å². The topological polar surface area (TPSA) is 94.1 Å². The number of carbonyl (C=O) groups excluding carboxylic acids is 2. The second-order valence-electron chi connectivity index (χ2n) is 8.43. The molecule has 1 aromatic carbocycles. The first kappa shape index (κ1) is 19.5. The van der Waals surface area contributed by atoms with E-state index in [1.54, 1.807) is 19.9 Å². The van der Waals surface area contributed by atoms with Crippen LogP contribution in [0.15, 0.2) is 12.1 Å². The molecule has 1 saturated heterocycles. The Morgan fingerprint density at radius 2 is 2.04 bits per heavy atom. The highest BCUT2D eigenvalue weighted by Gasteiger charge is 2.35. The third kappa shape index (κ3) is 4.71. The van der Waals surface area contributed by atoms with Gasteiger partial charge in [0.2, 0.25) is 0 Å². The molecule has 0 spiro atoms. The van der Waals surface area contributed by atoms with Gasteiger partial charge in [-0.15, -0.1) is 0 Å². The molecule has 0 saturated carbocycles. The number of ether oxygens (including phenoxy) is 3. The number of fused-ring (bicyclic) bond motifs is 1. The van der Waals surface area contributed by atoms with Crippen molar-refractivity contribution in [2.45, 2.75) is 64.2 Å². The van der Waals surface area contributed by atoms with E-state index in [9.17, 15) is 14.7 Å². The number of benzene rings is 1. The second-order valence-corrected chi connectivity index (χ2v) is 8.43. The van der Waals surface area contributed by atoms with Crippen LogP contribution in [0.2, 0.25) is 0 Å². The largest absolute Gasteiger partial charge is 0.507 e. The summed E-state index contributed by atoms with van der Waals surface area (Å²) in [4.78, 5) is 24.4. The fourth-order valence-corrected chi connectivity index (χ4v) is 3.60. The Morgan fingerprint density at radius 1 is 1.30 bits per heavy atom. The van der Waals surface area contributed by atoms with Crippen LogP contribution in [0.25, 0.3) is 0 Å². The number of ketones is 1. The molecule has 0 unspecified atom stereocenters. The Balaban J connectivity index is 1.62. The molecule has 148 valence electrons. The van der Waals surface area contributed by atoms with E-state index in [2.05, 4.69) is 5.32 Å². The van der Waals surface area contributed by atoms with Crippen LogP contribution in [0.3, 0.4) is 0 Å². The number of nitrogens with one attached hydrogen (secondary N) is 1. The van der Waals surface area contributed by atoms with Crippen molar-refractivity contribution in [3.8, 4) is 17.2 Å². The number of carbonyl (C=O) groups is 2. The van der Waals surface area contributed by atoms with E-state index in [0.717, 1.165) is 12.8 Å². The number of phenols is 1. The normalized spacial score (nSPS) is 23.1. The average Bonchev–Trinajstić information content (AvgIpc) is 2.49. The lowest BCUT2D eigenvalue weighted by Crippen LogP contribution is -2.47. The number of rotatable bonds is 4. The van der Waals surface area contributed by atoms with Crippen LogP contribution in [0.4, 0.5) is 0 Å². The minimum atomic E-state index is -0.650. The van der Waals surface area contributed by atoms with Crippen LogP contribution in [0.1, 0.15) is 57.3 Å². The third-order valence-corrected chi connectivity index (χ3v) is 4.74. The van der Waals surface area contributed by atoms with E-state index in [-0.39, 0.29) is 59.2 Å². The highest BCUT2D eigenvalue weighted by Crippen LogP contribution is 2.40. The summed E-state index contributed by atoms with van der Waals surface area (Å²) in [7, 11) is 0. The molecule has 2 aliphatic heterocycles. The molecule has 2 heterocycles. The fourth-order valence-electron chi connectivity index (χ4n) is 3.60. The maximum Gasteiger partial charge on any atom is 0.258 e. The van der Waals surface area contributed by atoms with Gasteiger partial charge < -0.3 is 24.6 Å². The molecule has 1 fully saturated rings. The molecule has 0 aromatic heterocycles. The summed E-state index contributed by atoms with van der Waals surface area (Å²) in [6.45, 7) is 8.04. The van der Waals surface area contributed by atoms with Crippen molar-refractivity contribution in [1.29, 1.82) is 0 Å². The maximum atomic E-state index is 12.2. The minimum absolute atomic E-state index is 0.0449. The lowest BCUT2D eigenvalue weighted by atomic mass is 9.92. The molecule has 0 radical (unpaired) electrons. The summed E-state index contributed by atoms with van der Waals surface area (Å²) >= 11 is 0. The van der Waals surface area contributed by atoms with Crippen LogP contribution >= 0.6 is 0 Å². The van der Waals surface area contributed by atoms with Crippen LogP contribution in [-0.2, 0) is 9.53 Å². The smallest absolute Gasteiger partial charge is 0.258 e. The van der Waals surface area contributed by atoms with Gasteiger partial charge in [0.05, 0.1) is 12.0 Å². The zero-order valence-electron chi connectivity index (χ0n) is 16.3. The van der Waals surface area contributed by atoms with Gasteiger partial charge in [-0.25, -0.2) is 0 Å². The van der Waals surface area contributed by atoms with E-state index in [4.69, 9.17) is 14.2 Å². The number of Topliss-reactive ketones (excluding diaryl/α,β-unsaturated/α-hetero) is 1. The lowest BCUT2D eigenvalue weighted by molar-refractivity contribution is -0.126. The Morgan fingerprint density at radius 3 is 2.74 bits per heavy atom. The molecular formula is C20H27NO6. The van der Waals surface area contributed by atoms with Gasteiger partial charge in [0.25, 0.3) is 5.91 Å². The number of hydrogen-bond acceptors (Lipinski definition) is 6. The molecule has 2 aliphatic rings. The summed E-state index contributed by atoms with van der Waals surface area (Å²) in [5.74, 6) is -0.0657. The van der Waals surface area contributed by atoms with Gasteiger partial charge >= 0.3 is 0 Å². The van der Waals surface area contributed by atoms with Gasteiger partial charge in [-0.1, -0.05) is 0 Å². The van der Waals surface area contributed by atoms with Crippen LogP contribution in [0.5, 0.6) is 17.2 Å². The second kappa shape index (κ2) is 7.03. The molecule has 1 aromatic rings. The van der Waals surface area contributed by atoms with Gasteiger partial charge in [0.1, 0.15) is 28.4 Å². The summed E-state index contributed by atoms with van der Waals surface area (Å²) in [5, 5.41) is 13.1. The maximum absolute atomic E-state index is 12.2. The van der Waals surface area contributed by atoms with E-state index in [1.165, 1.54) is 6.07 Å². The Bertz CT molecular complexity index is 755. The van der Waals surface area contributed by atoms with Gasteiger partial charge in [0, 0.05) is 24.8 Å². The van der Waals surface area contributed by atoms with Gasteiger partial charge in [-0.2, -0.15) is 0 Å². The number of hydrogen-bond donors (Lipinski definition) is 2. The van der Waals surface area contributed by atoms with Crippen molar-refractivity contribution in [1.82, 2.24) is 5.32 Å². The van der Waals surface area contributed by atoms with Crippen molar-refractivity contribution in [3.63, 3.8) is 0 Å². The Kier molecular flexibility index (Phi) is 5.08. The molecule has 0 aliphatic carbocycles. The van der Waals surface area contributed by atoms with Gasteiger partial charge in [0.15, 0.2) is 12.4 Å². The van der Waals surface area contributed by atoms with Crippen LogP contribution < -0.4 is 14.8 Å². The third-order valence-electron chi connectivity index (χ3n) is 4.74. The van der Waals surface area contributed by atoms with Gasteiger partial charge in [-0.3, -0.25) is 9.59 Å². The average molecular weight is 377 g/mol. The Hall–Kier alpha value is -2.28. The summed E-state index contributed by atoms with van der Waals surface area (Å²) in [5.41, 5.74) is -0.740. The predicted molar refractivity (Wildman–Crippen MR) is 98.5 cm³/mol. The first-order valence-corrected chi connectivity index (χ1v) is 9.20. The molecule has 27 heavy (non-hydrogen) atoms. The summed E-state index contributed by atoms with van der Waals surface area (Å²) in [6, 6.07) is 2.92. The summed E-state index contributed by atoms with van der Waals surface area (Å²) in [6.07, 6.45) is 1.70. The van der Waals surface area contributed by atoms with E-state index < -0.39 is 5.60 Å². The standard InChI is InChI=1S/C20H27NO6/c1-19(2)9-12(5-6-26-19)21-17(24)11-25-13-7-14(22)18-15(23)10-20(3,4)27-16(18)8-13/h7-8,12,22H,5-6,9-11H2,1-4H3,(H,21,24)/t12-/m1/s1. The van der Waals surface area contributed by atoms with Crippen molar-refractivity contribution >= 4 is 11.7 Å². The first-order valence-electron chi connectivity index (χ1n) is 9.20. The molecule has 7 nitrogen and oxygen atoms in total. The Labute approximate surface area is 159 Å². The van der Waals surface area contributed by atoms with Crippen LogP contribution in [-0.4, -0.2) is 47.3 Å². The highest BCUT2D eigenvalue weighted by molar-refractivity contribution is 6.03. The zero-order chi connectivity index (χ0) is 19.8. The zero-order valence-corrected chi connectivity index (χ0v) is 16.3. The van der Waals surface area contributed by atoms with E-state index in [0.29, 0.717) is 6.61 Å².